The van der Waals surface area contributed by atoms with Gasteiger partial charge in [-0.2, -0.15) is 0 Å². The zero-order valence-electron chi connectivity index (χ0n) is 12.9. The summed E-state index contributed by atoms with van der Waals surface area (Å²) in [6, 6.07) is 9.22. The molecule has 0 aliphatic carbocycles. The van der Waals surface area contributed by atoms with Gasteiger partial charge in [0.1, 0.15) is 11.6 Å². The molecule has 0 spiro atoms. The van der Waals surface area contributed by atoms with Crippen LogP contribution in [0.15, 0.2) is 35.5 Å². The zero-order chi connectivity index (χ0) is 17.1. The molecule has 9 heteroatoms. The molecular weight excluding hydrogens is 344 g/mol. The fraction of sp³-hybridized carbons (Fsp3) is 0.200. The van der Waals surface area contributed by atoms with Crippen LogP contribution < -0.4 is 16.8 Å². The van der Waals surface area contributed by atoms with Gasteiger partial charge in [0.05, 0.1) is 15.5 Å². The van der Waals surface area contributed by atoms with Gasteiger partial charge in [-0.3, -0.25) is 4.79 Å². The van der Waals surface area contributed by atoms with Crippen molar-refractivity contribution < 1.29 is 4.79 Å². The van der Waals surface area contributed by atoms with Gasteiger partial charge in [-0.25, -0.2) is 15.0 Å². The van der Waals surface area contributed by atoms with Gasteiger partial charge in [0, 0.05) is 6.07 Å². The lowest BCUT2D eigenvalue weighted by Crippen LogP contribution is -2.24. The number of rotatable bonds is 5. The SMILES string of the molecule is CC[C@@H](Sc1nc(N)cc(N)n1)C(=O)Nc1nc2ccccc2s1. The Morgan fingerprint density at radius 1 is 1.25 bits per heavy atom. The molecule has 5 N–H and O–H groups in total. The Hall–Kier alpha value is -2.39. The molecule has 2 aromatic heterocycles. The summed E-state index contributed by atoms with van der Waals surface area (Å²) in [4.78, 5) is 25.1. The predicted octanol–water partition coefficient (Wildman–Crippen LogP) is 2.76. The first kappa shape index (κ1) is 16.5. The number of benzene rings is 1. The quantitative estimate of drug-likeness (QED) is 0.472. The lowest BCUT2D eigenvalue weighted by Gasteiger charge is -2.12. The van der Waals surface area contributed by atoms with Crippen molar-refractivity contribution in [1.82, 2.24) is 15.0 Å². The van der Waals surface area contributed by atoms with E-state index in [1.165, 1.54) is 29.2 Å². The van der Waals surface area contributed by atoms with Crippen LogP contribution in [-0.2, 0) is 4.79 Å². The zero-order valence-corrected chi connectivity index (χ0v) is 14.5. The second kappa shape index (κ2) is 7.02. The van der Waals surface area contributed by atoms with Crippen molar-refractivity contribution in [3.8, 4) is 0 Å². The summed E-state index contributed by atoms with van der Waals surface area (Å²) in [7, 11) is 0. The topological polar surface area (TPSA) is 120 Å². The molecule has 0 bridgehead atoms. The highest BCUT2D eigenvalue weighted by atomic mass is 32.2. The fourth-order valence-corrected chi connectivity index (χ4v) is 3.85. The third-order valence-electron chi connectivity index (χ3n) is 3.18. The maximum atomic E-state index is 12.5. The van der Waals surface area contributed by atoms with Crippen molar-refractivity contribution >= 4 is 56.0 Å². The van der Waals surface area contributed by atoms with Crippen LogP contribution >= 0.6 is 23.1 Å². The Morgan fingerprint density at radius 2 is 1.96 bits per heavy atom. The number of fused-ring (bicyclic) bond motifs is 1. The third-order valence-corrected chi connectivity index (χ3v) is 5.36. The van der Waals surface area contributed by atoms with Gasteiger partial charge < -0.3 is 16.8 Å². The Kier molecular flexibility index (Phi) is 4.81. The van der Waals surface area contributed by atoms with E-state index in [9.17, 15) is 4.79 Å². The first-order valence-electron chi connectivity index (χ1n) is 7.28. The van der Waals surface area contributed by atoms with Crippen LogP contribution in [0.5, 0.6) is 0 Å². The van der Waals surface area contributed by atoms with Gasteiger partial charge in [0.2, 0.25) is 5.91 Å². The number of carbonyl (C=O) groups excluding carboxylic acids is 1. The van der Waals surface area contributed by atoms with Crippen molar-refractivity contribution in [2.24, 2.45) is 0 Å². The van der Waals surface area contributed by atoms with Crippen molar-refractivity contribution in [3.63, 3.8) is 0 Å². The number of anilines is 3. The molecule has 1 amide bonds. The molecular formula is C15H16N6OS2. The van der Waals surface area contributed by atoms with Crippen LogP contribution in [0, 0.1) is 0 Å². The number of hydrogen-bond acceptors (Lipinski definition) is 8. The van der Waals surface area contributed by atoms with Crippen molar-refractivity contribution in [2.45, 2.75) is 23.8 Å². The van der Waals surface area contributed by atoms with Crippen LogP contribution in [0.2, 0.25) is 0 Å². The van der Waals surface area contributed by atoms with E-state index in [-0.39, 0.29) is 22.8 Å². The maximum Gasteiger partial charge on any atom is 0.239 e. The number of nitrogens with two attached hydrogens (primary N) is 2. The molecule has 0 radical (unpaired) electrons. The van der Waals surface area contributed by atoms with Crippen LogP contribution in [0.25, 0.3) is 10.2 Å². The number of thioether (sulfide) groups is 1. The summed E-state index contributed by atoms with van der Waals surface area (Å²) < 4.78 is 1.03. The van der Waals surface area contributed by atoms with E-state index in [0.717, 1.165) is 10.2 Å². The molecule has 124 valence electrons. The number of nitrogen functional groups attached to an aromatic ring is 2. The monoisotopic (exact) mass is 360 g/mol. The normalized spacial score (nSPS) is 12.2. The lowest BCUT2D eigenvalue weighted by atomic mass is 10.3. The molecule has 3 rings (SSSR count). The third kappa shape index (κ3) is 3.74. The fourth-order valence-electron chi connectivity index (χ4n) is 2.08. The first-order valence-corrected chi connectivity index (χ1v) is 8.98. The van der Waals surface area contributed by atoms with Crippen LogP contribution in [0.3, 0.4) is 0 Å². The Balaban J connectivity index is 1.73. The summed E-state index contributed by atoms with van der Waals surface area (Å²) in [6.07, 6.45) is 0.611. The minimum atomic E-state index is -0.363. The molecule has 0 saturated carbocycles. The Bertz CT molecular complexity index is 828. The number of para-hydroxylation sites is 1. The smallest absolute Gasteiger partial charge is 0.239 e. The summed E-state index contributed by atoms with van der Waals surface area (Å²) >= 11 is 2.67. The van der Waals surface area contributed by atoms with E-state index in [2.05, 4.69) is 20.3 Å². The molecule has 0 fully saturated rings. The molecule has 1 aromatic carbocycles. The van der Waals surface area contributed by atoms with Gasteiger partial charge in [0.15, 0.2) is 10.3 Å². The number of nitrogens with one attached hydrogen (secondary N) is 1. The van der Waals surface area contributed by atoms with E-state index >= 15 is 0 Å². The summed E-state index contributed by atoms with van der Waals surface area (Å²) in [5.74, 6) is 0.420. The van der Waals surface area contributed by atoms with E-state index < -0.39 is 0 Å². The van der Waals surface area contributed by atoms with Crippen LogP contribution in [0.4, 0.5) is 16.8 Å². The average Bonchev–Trinajstić information content (AvgIpc) is 2.93. The highest BCUT2D eigenvalue weighted by Crippen LogP contribution is 2.28. The van der Waals surface area contributed by atoms with E-state index in [1.807, 2.05) is 31.2 Å². The average molecular weight is 360 g/mol. The first-order chi connectivity index (χ1) is 11.5. The molecule has 0 unspecified atom stereocenters. The largest absolute Gasteiger partial charge is 0.383 e. The molecule has 7 nitrogen and oxygen atoms in total. The minimum Gasteiger partial charge on any atom is -0.383 e. The van der Waals surface area contributed by atoms with Gasteiger partial charge in [-0.15, -0.1) is 0 Å². The summed E-state index contributed by atoms with van der Waals surface area (Å²) in [5.41, 5.74) is 12.2. The molecule has 1 atom stereocenters. The van der Waals surface area contributed by atoms with E-state index in [4.69, 9.17) is 11.5 Å². The standard InChI is InChI=1S/C15H16N6OS2/c1-2-9(23-15-19-11(16)7-12(17)20-15)13(22)21-14-18-8-5-3-4-6-10(8)24-14/h3-7,9H,2H2,1H3,(H,18,21,22)(H4,16,17,19,20)/t9-/m1/s1. The minimum absolute atomic E-state index is 0.147. The molecule has 2 heterocycles. The number of nitrogens with zero attached hydrogens (tertiary/aromatic N) is 3. The molecule has 0 saturated heterocycles. The Morgan fingerprint density at radius 3 is 2.62 bits per heavy atom. The number of thiazole rings is 1. The van der Waals surface area contributed by atoms with E-state index in [0.29, 0.717) is 16.7 Å². The summed E-state index contributed by atoms with van der Waals surface area (Å²) in [6.45, 7) is 1.92. The van der Waals surface area contributed by atoms with Gasteiger partial charge in [0.25, 0.3) is 0 Å². The number of amides is 1. The highest BCUT2D eigenvalue weighted by molar-refractivity contribution is 8.00. The second-order valence-corrected chi connectivity index (χ2v) is 7.19. The predicted molar refractivity (Wildman–Crippen MR) is 99.0 cm³/mol. The molecule has 3 aromatic rings. The molecule has 0 aliphatic heterocycles. The van der Waals surface area contributed by atoms with E-state index in [1.54, 1.807) is 0 Å². The number of carbonyl (C=O) groups is 1. The van der Waals surface area contributed by atoms with Crippen LogP contribution in [-0.4, -0.2) is 26.1 Å². The van der Waals surface area contributed by atoms with Gasteiger partial charge >= 0.3 is 0 Å². The second-order valence-electron chi connectivity index (χ2n) is 4.99. The maximum absolute atomic E-state index is 12.5. The number of aromatic nitrogens is 3. The lowest BCUT2D eigenvalue weighted by molar-refractivity contribution is -0.115. The Labute approximate surface area is 146 Å². The summed E-state index contributed by atoms with van der Waals surface area (Å²) in [5, 5.41) is 3.46. The van der Waals surface area contributed by atoms with Crippen LogP contribution in [0.1, 0.15) is 13.3 Å². The van der Waals surface area contributed by atoms with Crippen molar-refractivity contribution in [1.29, 1.82) is 0 Å². The van der Waals surface area contributed by atoms with Crippen molar-refractivity contribution in [3.05, 3.63) is 30.3 Å². The van der Waals surface area contributed by atoms with Gasteiger partial charge in [-0.05, 0) is 18.6 Å². The van der Waals surface area contributed by atoms with Crippen molar-refractivity contribution in [2.75, 3.05) is 16.8 Å². The highest BCUT2D eigenvalue weighted by Gasteiger charge is 2.21. The molecule has 24 heavy (non-hydrogen) atoms. The van der Waals surface area contributed by atoms with Gasteiger partial charge in [-0.1, -0.05) is 42.2 Å². The number of hydrogen-bond donors (Lipinski definition) is 3. The molecule has 0 aliphatic rings.